The first-order valence-corrected chi connectivity index (χ1v) is 8.32. The van der Waals surface area contributed by atoms with E-state index in [1.807, 2.05) is 0 Å². The van der Waals surface area contributed by atoms with Gasteiger partial charge in [0.25, 0.3) is 0 Å². The van der Waals surface area contributed by atoms with Gasteiger partial charge in [-0.25, -0.2) is 9.48 Å². The number of likely N-dealkylation sites (tertiary alicyclic amines) is 1. The summed E-state index contributed by atoms with van der Waals surface area (Å²) in [4.78, 5) is 14.3. The molecule has 0 radical (unpaired) electrons. The molecule has 1 fully saturated rings. The Labute approximate surface area is 132 Å². The van der Waals surface area contributed by atoms with E-state index in [1.165, 1.54) is 19.0 Å². The smallest absolute Gasteiger partial charge is 0.343 e. The van der Waals surface area contributed by atoms with Gasteiger partial charge in [-0.15, -0.1) is 0 Å². The van der Waals surface area contributed by atoms with E-state index >= 15 is 0 Å². The maximum absolute atomic E-state index is 11.8. The first-order valence-electron chi connectivity index (χ1n) is 8.32. The van der Waals surface area contributed by atoms with Gasteiger partial charge in [-0.3, -0.25) is 0 Å². The van der Waals surface area contributed by atoms with Crippen LogP contribution in [0.3, 0.4) is 0 Å². The van der Waals surface area contributed by atoms with Crippen LogP contribution < -0.4 is 5.73 Å². The van der Waals surface area contributed by atoms with Gasteiger partial charge in [0, 0.05) is 19.1 Å². The molecule has 0 bridgehead atoms. The number of aromatic nitrogens is 2. The molecule has 2 N–H and O–H groups in total. The highest BCUT2D eigenvalue weighted by molar-refractivity contribution is 5.93. The van der Waals surface area contributed by atoms with Crippen molar-refractivity contribution < 1.29 is 9.53 Å². The van der Waals surface area contributed by atoms with E-state index < -0.39 is 0 Å². The monoisotopic (exact) mass is 308 g/mol. The summed E-state index contributed by atoms with van der Waals surface area (Å²) in [5.74, 6) is 0.0405. The van der Waals surface area contributed by atoms with Gasteiger partial charge in [-0.1, -0.05) is 13.3 Å². The van der Waals surface area contributed by atoms with Crippen molar-refractivity contribution in [3.63, 3.8) is 0 Å². The zero-order chi connectivity index (χ0) is 16.1. The summed E-state index contributed by atoms with van der Waals surface area (Å²) < 4.78 is 6.80. The number of nitrogens with two attached hydrogens (primary N) is 1. The molecule has 6 heteroatoms. The minimum absolute atomic E-state index is 0.272. The van der Waals surface area contributed by atoms with E-state index in [0.717, 1.165) is 25.9 Å². The first kappa shape index (κ1) is 16.8. The minimum Gasteiger partial charge on any atom is -0.462 e. The summed E-state index contributed by atoms with van der Waals surface area (Å²) in [7, 11) is 0. The van der Waals surface area contributed by atoms with Crippen molar-refractivity contribution in [1.82, 2.24) is 14.7 Å². The van der Waals surface area contributed by atoms with Gasteiger partial charge in [0.05, 0.1) is 18.8 Å². The summed E-state index contributed by atoms with van der Waals surface area (Å²) in [5.41, 5.74) is 6.47. The fourth-order valence-electron chi connectivity index (χ4n) is 3.20. The van der Waals surface area contributed by atoms with Crippen LogP contribution in [0.15, 0.2) is 6.20 Å². The van der Waals surface area contributed by atoms with Crippen LogP contribution in [-0.2, 0) is 4.74 Å². The van der Waals surface area contributed by atoms with Crippen molar-refractivity contribution in [1.29, 1.82) is 0 Å². The quantitative estimate of drug-likeness (QED) is 0.817. The molecule has 2 rings (SSSR count). The molecule has 1 aromatic heterocycles. The fourth-order valence-corrected chi connectivity index (χ4v) is 3.20. The average molecular weight is 308 g/mol. The number of nitrogens with zero attached hydrogens (tertiary/aromatic N) is 3. The summed E-state index contributed by atoms with van der Waals surface area (Å²) in [6.07, 6.45) is 6.02. The second-order valence-corrected chi connectivity index (χ2v) is 6.01. The molecule has 1 aromatic rings. The van der Waals surface area contributed by atoms with E-state index in [9.17, 15) is 4.79 Å². The van der Waals surface area contributed by atoms with Crippen molar-refractivity contribution >= 4 is 11.8 Å². The molecule has 0 saturated carbocycles. The number of piperidine rings is 1. The topological polar surface area (TPSA) is 73.4 Å². The Morgan fingerprint density at radius 1 is 1.45 bits per heavy atom. The van der Waals surface area contributed by atoms with Crippen molar-refractivity contribution in [3.05, 3.63) is 11.8 Å². The lowest BCUT2D eigenvalue weighted by Crippen LogP contribution is -2.40. The summed E-state index contributed by atoms with van der Waals surface area (Å²) in [5, 5.41) is 4.32. The number of rotatable bonds is 6. The van der Waals surface area contributed by atoms with Crippen molar-refractivity contribution in [3.8, 4) is 0 Å². The van der Waals surface area contributed by atoms with E-state index in [-0.39, 0.29) is 12.0 Å². The molecule has 0 spiro atoms. The SMILES string of the molecule is CCCC(C)N1CCC(n2ncc(C(=O)OCC)c2N)CC1. The van der Waals surface area contributed by atoms with Crippen molar-refractivity contribution in [2.45, 2.75) is 58.5 Å². The van der Waals surface area contributed by atoms with Gasteiger partial charge in [0.1, 0.15) is 11.4 Å². The third kappa shape index (κ3) is 3.61. The average Bonchev–Trinajstić information content (AvgIpc) is 2.89. The number of esters is 1. The molecule has 0 aromatic carbocycles. The Morgan fingerprint density at radius 2 is 2.14 bits per heavy atom. The molecule has 2 heterocycles. The van der Waals surface area contributed by atoms with Crippen LogP contribution in [0, 0.1) is 0 Å². The van der Waals surface area contributed by atoms with Gasteiger partial charge in [-0.2, -0.15) is 5.10 Å². The molecule has 1 aliphatic rings. The molecule has 0 amide bonds. The maximum atomic E-state index is 11.8. The molecular formula is C16H28N4O2. The largest absolute Gasteiger partial charge is 0.462 e. The molecular weight excluding hydrogens is 280 g/mol. The van der Waals surface area contributed by atoms with Crippen LogP contribution in [0.5, 0.6) is 0 Å². The Hall–Kier alpha value is -1.56. The molecule has 0 aliphatic carbocycles. The van der Waals surface area contributed by atoms with E-state index in [1.54, 1.807) is 11.6 Å². The third-order valence-corrected chi connectivity index (χ3v) is 4.50. The van der Waals surface area contributed by atoms with Gasteiger partial charge < -0.3 is 15.4 Å². The third-order valence-electron chi connectivity index (χ3n) is 4.50. The Balaban J connectivity index is 1.98. The molecule has 6 nitrogen and oxygen atoms in total. The Morgan fingerprint density at radius 3 is 2.73 bits per heavy atom. The molecule has 1 saturated heterocycles. The highest BCUT2D eigenvalue weighted by atomic mass is 16.5. The van der Waals surface area contributed by atoms with Gasteiger partial charge in [-0.05, 0) is 33.1 Å². The van der Waals surface area contributed by atoms with Crippen LogP contribution in [0.2, 0.25) is 0 Å². The van der Waals surface area contributed by atoms with E-state index in [0.29, 0.717) is 24.0 Å². The lowest BCUT2D eigenvalue weighted by Gasteiger charge is -2.36. The van der Waals surface area contributed by atoms with Crippen LogP contribution in [0.1, 0.15) is 62.9 Å². The lowest BCUT2D eigenvalue weighted by molar-refractivity contribution is 0.0527. The molecule has 1 aliphatic heterocycles. The zero-order valence-electron chi connectivity index (χ0n) is 13.9. The maximum Gasteiger partial charge on any atom is 0.343 e. The Kier molecular flexibility index (Phi) is 5.83. The molecule has 22 heavy (non-hydrogen) atoms. The van der Waals surface area contributed by atoms with Crippen LogP contribution in [-0.4, -0.2) is 46.4 Å². The number of hydrogen-bond acceptors (Lipinski definition) is 5. The number of anilines is 1. The normalized spacial score (nSPS) is 18.3. The molecule has 1 atom stereocenters. The van der Waals surface area contributed by atoms with E-state index in [2.05, 4.69) is 23.8 Å². The van der Waals surface area contributed by atoms with Crippen molar-refractivity contribution in [2.75, 3.05) is 25.4 Å². The zero-order valence-corrected chi connectivity index (χ0v) is 13.9. The highest BCUT2D eigenvalue weighted by Crippen LogP contribution is 2.27. The number of ether oxygens (including phenoxy) is 1. The predicted molar refractivity (Wildman–Crippen MR) is 86.8 cm³/mol. The van der Waals surface area contributed by atoms with Crippen molar-refractivity contribution in [2.24, 2.45) is 0 Å². The Bertz CT molecular complexity index is 492. The standard InChI is InChI=1S/C16H28N4O2/c1-4-6-12(3)19-9-7-13(8-10-19)20-15(17)14(11-18-20)16(21)22-5-2/h11-13H,4-10,17H2,1-3H3. The number of nitrogen functional groups attached to an aromatic ring is 1. The van der Waals surface area contributed by atoms with Crippen LogP contribution in [0.4, 0.5) is 5.82 Å². The lowest BCUT2D eigenvalue weighted by atomic mass is 10.0. The van der Waals surface area contributed by atoms with Crippen LogP contribution >= 0.6 is 0 Å². The minimum atomic E-state index is -0.389. The molecule has 124 valence electrons. The summed E-state index contributed by atoms with van der Waals surface area (Å²) >= 11 is 0. The van der Waals surface area contributed by atoms with Gasteiger partial charge >= 0.3 is 5.97 Å². The number of hydrogen-bond donors (Lipinski definition) is 1. The number of carbonyl (C=O) groups excluding carboxylic acids is 1. The second-order valence-electron chi connectivity index (χ2n) is 6.01. The van der Waals surface area contributed by atoms with Gasteiger partial charge in [0.15, 0.2) is 0 Å². The summed E-state index contributed by atoms with van der Waals surface area (Å²) in [6, 6.07) is 0.907. The number of carbonyl (C=O) groups is 1. The first-order chi connectivity index (χ1) is 10.6. The van der Waals surface area contributed by atoms with Gasteiger partial charge in [0.2, 0.25) is 0 Å². The summed E-state index contributed by atoms with van der Waals surface area (Å²) in [6.45, 7) is 8.76. The molecule has 1 unspecified atom stereocenters. The van der Waals surface area contributed by atoms with Crippen LogP contribution in [0.25, 0.3) is 0 Å². The fraction of sp³-hybridized carbons (Fsp3) is 0.750. The second kappa shape index (κ2) is 7.63. The highest BCUT2D eigenvalue weighted by Gasteiger charge is 2.26. The predicted octanol–water partition coefficient (Wildman–Crippen LogP) is 2.47. The van der Waals surface area contributed by atoms with E-state index in [4.69, 9.17) is 10.5 Å².